The topological polar surface area (TPSA) is 63.6 Å². The van der Waals surface area contributed by atoms with E-state index in [4.69, 9.17) is 16.3 Å². The SMILES string of the molecule is O=C1OC(c2ccccc2)/C(=C(\O)c2ccc(Cl)cc2)C1=O. The fourth-order valence-corrected chi connectivity index (χ4v) is 2.43. The highest BCUT2D eigenvalue weighted by atomic mass is 35.5. The number of cyclic esters (lactones) is 1. The number of Topliss-reactive ketones (excluding diaryl/α,β-unsaturated/α-hetero) is 1. The summed E-state index contributed by atoms with van der Waals surface area (Å²) in [5.41, 5.74) is 0.961. The van der Waals surface area contributed by atoms with Crippen molar-refractivity contribution >= 4 is 29.1 Å². The molecule has 1 N–H and O–H groups in total. The molecule has 1 aliphatic rings. The van der Waals surface area contributed by atoms with Gasteiger partial charge in [-0.1, -0.05) is 41.9 Å². The lowest BCUT2D eigenvalue weighted by Crippen LogP contribution is -2.08. The van der Waals surface area contributed by atoms with Crippen molar-refractivity contribution in [1.29, 1.82) is 0 Å². The number of hydrogen-bond acceptors (Lipinski definition) is 4. The van der Waals surface area contributed by atoms with Gasteiger partial charge in [0.1, 0.15) is 5.76 Å². The molecule has 3 rings (SSSR count). The smallest absolute Gasteiger partial charge is 0.380 e. The number of carbonyl (C=O) groups is 2. The lowest BCUT2D eigenvalue weighted by atomic mass is 9.97. The maximum atomic E-state index is 12.1. The first-order valence-electron chi connectivity index (χ1n) is 6.57. The van der Waals surface area contributed by atoms with Gasteiger partial charge in [0, 0.05) is 10.6 Å². The van der Waals surface area contributed by atoms with Crippen LogP contribution in [0.25, 0.3) is 5.76 Å². The first kappa shape index (κ1) is 14.4. The van der Waals surface area contributed by atoms with Crippen LogP contribution in [0.5, 0.6) is 0 Å². The normalized spacial score (nSPS) is 20.0. The third kappa shape index (κ3) is 2.49. The van der Waals surface area contributed by atoms with Gasteiger partial charge in [-0.25, -0.2) is 4.79 Å². The Morgan fingerprint density at radius 1 is 1.00 bits per heavy atom. The van der Waals surface area contributed by atoms with E-state index >= 15 is 0 Å². The van der Waals surface area contributed by atoms with Gasteiger partial charge in [0.25, 0.3) is 5.78 Å². The fraction of sp³-hybridized carbons (Fsp3) is 0.0588. The van der Waals surface area contributed by atoms with Crippen LogP contribution in [0.1, 0.15) is 17.2 Å². The molecule has 1 fully saturated rings. The molecule has 1 atom stereocenters. The van der Waals surface area contributed by atoms with E-state index in [1.807, 2.05) is 6.07 Å². The molecule has 2 aromatic rings. The molecule has 1 saturated heterocycles. The van der Waals surface area contributed by atoms with Gasteiger partial charge in [-0.05, 0) is 29.8 Å². The third-order valence-corrected chi connectivity index (χ3v) is 3.64. The van der Waals surface area contributed by atoms with Crippen LogP contribution in [0.2, 0.25) is 5.02 Å². The zero-order valence-corrected chi connectivity index (χ0v) is 12.1. The minimum Gasteiger partial charge on any atom is -0.507 e. The Kier molecular flexibility index (Phi) is 3.69. The summed E-state index contributed by atoms with van der Waals surface area (Å²) < 4.78 is 5.11. The number of carbonyl (C=O) groups excluding carboxylic acids is 2. The molecule has 1 aliphatic heterocycles. The Balaban J connectivity index is 2.11. The monoisotopic (exact) mass is 314 g/mol. The average Bonchev–Trinajstić information content (AvgIpc) is 2.84. The fourth-order valence-electron chi connectivity index (χ4n) is 2.31. The summed E-state index contributed by atoms with van der Waals surface area (Å²) in [5, 5.41) is 10.9. The van der Waals surface area contributed by atoms with Crippen LogP contribution in [-0.4, -0.2) is 16.9 Å². The predicted molar refractivity (Wildman–Crippen MR) is 81.3 cm³/mol. The van der Waals surface area contributed by atoms with E-state index in [1.54, 1.807) is 48.5 Å². The van der Waals surface area contributed by atoms with Crippen LogP contribution in [0.3, 0.4) is 0 Å². The Labute approximate surface area is 131 Å². The Hall–Kier alpha value is -2.59. The maximum Gasteiger partial charge on any atom is 0.380 e. The molecule has 0 radical (unpaired) electrons. The number of aliphatic hydroxyl groups is 1. The first-order valence-corrected chi connectivity index (χ1v) is 6.95. The molecular weight excluding hydrogens is 304 g/mol. The van der Waals surface area contributed by atoms with Crippen molar-refractivity contribution in [3.05, 3.63) is 76.3 Å². The van der Waals surface area contributed by atoms with Crippen molar-refractivity contribution in [3.8, 4) is 0 Å². The van der Waals surface area contributed by atoms with Crippen LogP contribution in [0, 0.1) is 0 Å². The van der Waals surface area contributed by atoms with Crippen LogP contribution in [0.4, 0.5) is 0 Å². The molecule has 0 bridgehead atoms. The summed E-state index contributed by atoms with van der Waals surface area (Å²) in [6, 6.07) is 15.1. The number of hydrogen-bond donors (Lipinski definition) is 1. The number of esters is 1. The highest BCUT2D eigenvalue weighted by molar-refractivity contribution is 6.44. The van der Waals surface area contributed by atoms with E-state index in [0.29, 0.717) is 16.1 Å². The molecule has 2 aromatic carbocycles. The van der Waals surface area contributed by atoms with Gasteiger partial charge in [0.05, 0.1) is 5.57 Å². The zero-order valence-electron chi connectivity index (χ0n) is 11.3. The number of aliphatic hydroxyl groups excluding tert-OH is 1. The van der Waals surface area contributed by atoms with Crippen molar-refractivity contribution < 1.29 is 19.4 Å². The van der Waals surface area contributed by atoms with Crippen molar-refractivity contribution in [2.24, 2.45) is 0 Å². The summed E-state index contributed by atoms with van der Waals surface area (Å²) in [4.78, 5) is 23.7. The lowest BCUT2D eigenvalue weighted by molar-refractivity contribution is -0.149. The van der Waals surface area contributed by atoms with Crippen molar-refractivity contribution in [2.45, 2.75) is 6.10 Å². The number of ketones is 1. The van der Waals surface area contributed by atoms with Gasteiger partial charge >= 0.3 is 5.97 Å². The molecule has 4 nitrogen and oxygen atoms in total. The first-order chi connectivity index (χ1) is 10.6. The number of halogens is 1. The van der Waals surface area contributed by atoms with Crippen LogP contribution < -0.4 is 0 Å². The van der Waals surface area contributed by atoms with E-state index in [9.17, 15) is 14.7 Å². The van der Waals surface area contributed by atoms with Gasteiger partial charge in [-0.2, -0.15) is 0 Å². The molecule has 0 spiro atoms. The highest BCUT2D eigenvalue weighted by Crippen LogP contribution is 2.36. The second kappa shape index (κ2) is 5.66. The van der Waals surface area contributed by atoms with E-state index in [-0.39, 0.29) is 11.3 Å². The van der Waals surface area contributed by atoms with Crippen LogP contribution >= 0.6 is 11.6 Å². The molecule has 1 heterocycles. The van der Waals surface area contributed by atoms with Gasteiger partial charge in [-0.15, -0.1) is 0 Å². The summed E-state index contributed by atoms with van der Waals surface area (Å²) in [7, 11) is 0. The van der Waals surface area contributed by atoms with Crippen LogP contribution in [-0.2, 0) is 14.3 Å². The number of ether oxygens (including phenoxy) is 1. The number of benzene rings is 2. The molecule has 0 amide bonds. The van der Waals surface area contributed by atoms with E-state index < -0.39 is 17.9 Å². The predicted octanol–water partition coefficient (Wildman–Crippen LogP) is 3.48. The molecule has 1 unspecified atom stereocenters. The quantitative estimate of drug-likeness (QED) is 0.399. The summed E-state index contributed by atoms with van der Waals surface area (Å²) in [6.07, 6.45) is -0.906. The van der Waals surface area contributed by atoms with Gasteiger partial charge in [0.2, 0.25) is 0 Å². The molecule has 0 saturated carbocycles. The second-order valence-corrected chi connectivity index (χ2v) is 5.23. The maximum absolute atomic E-state index is 12.1. The molecule has 0 aliphatic carbocycles. The summed E-state index contributed by atoms with van der Waals surface area (Å²) in [5.74, 6) is -2.08. The third-order valence-electron chi connectivity index (χ3n) is 3.39. The molecule has 22 heavy (non-hydrogen) atoms. The Morgan fingerprint density at radius 3 is 2.27 bits per heavy atom. The Bertz CT molecular complexity index is 763. The standard InChI is InChI=1S/C17H11ClO4/c18-12-8-6-10(7-9-12)14(19)13-15(20)17(21)22-16(13)11-4-2-1-3-5-11/h1-9,16,19H/b14-13-. The van der Waals surface area contributed by atoms with Crippen LogP contribution in [0.15, 0.2) is 60.2 Å². The zero-order chi connectivity index (χ0) is 15.7. The Morgan fingerprint density at radius 2 is 1.64 bits per heavy atom. The van der Waals surface area contributed by atoms with Gasteiger partial charge < -0.3 is 9.84 Å². The highest BCUT2D eigenvalue weighted by Gasteiger charge is 2.42. The minimum atomic E-state index is -0.968. The molecule has 0 aromatic heterocycles. The van der Waals surface area contributed by atoms with E-state index in [2.05, 4.69) is 0 Å². The lowest BCUT2D eigenvalue weighted by Gasteiger charge is -2.12. The summed E-state index contributed by atoms with van der Waals surface area (Å²) >= 11 is 5.81. The average molecular weight is 315 g/mol. The molecule has 5 heteroatoms. The largest absolute Gasteiger partial charge is 0.507 e. The van der Waals surface area contributed by atoms with Crippen molar-refractivity contribution in [2.75, 3.05) is 0 Å². The van der Waals surface area contributed by atoms with Gasteiger partial charge in [-0.3, -0.25) is 4.79 Å². The van der Waals surface area contributed by atoms with Crippen molar-refractivity contribution in [3.63, 3.8) is 0 Å². The summed E-state index contributed by atoms with van der Waals surface area (Å²) in [6.45, 7) is 0. The number of rotatable bonds is 2. The minimum absolute atomic E-state index is 0.0569. The second-order valence-electron chi connectivity index (χ2n) is 4.79. The molecule has 110 valence electrons. The van der Waals surface area contributed by atoms with Gasteiger partial charge in [0.15, 0.2) is 6.10 Å². The van der Waals surface area contributed by atoms with E-state index in [1.165, 1.54) is 0 Å². The van der Waals surface area contributed by atoms with E-state index in [0.717, 1.165) is 0 Å². The van der Waals surface area contributed by atoms with Crippen molar-refractivity contribution in [1.82, 2.24) is 0 Å². The molecular formula is C17H11ClO4.